The lowest BCUT2D eigenvalue weighted by atomic mass is 10.4. The molecule has 0 unspecified atom stereocenters. The number of nitrogens with two attached hydrogens (primary N) is 1. The quantitative estimate of drug-likeness (QED) is 0.683. The second-order valence-electron chi connectivity index (χ2n) is 3.74. The Hall–Kier alpha value is -2.64. The van der Waals surface area contributed by atoms with E-state index in [4.69, 9.17) is 10.5 Å². The summed E-state index contributed by atoms with van der Waals surface area (Å²) in [6.45, 7) is 0.548. The van der Waals surface area contributed by atoms with Crippen LogP contribution in [0.4, 0.5) is 11.6 Å². The fraction of sp³-hybridized carbons (Fsp3) is 0.273. The van der Waals surface area contributed by atoms with Crippen molar-refractivity contribution in [2.75, 3.05) is 24.7 Å². The second kappa shape index (κ2) is 5.80. The molecule has 0 bridgehead atoms. The molecule has 2 aromatic heterocycles. The van der Waals surface area contributed by atoms with Crippen molar-refractivity contribution in [1.29, 1.82) is 0 Å². The van der Waals surface area contributed by atoms with Gasteiger partial charge in [-0.3, -0.25) is 4.79 Å². The number of nitrogens with zero attached hydrogens (tertiary/aromatic N) is 3. The molecule has 0 aliphatic heterocycles. The lowest BCUT2D eigenvalue weighted by Gasteiger charge is -2.06. The summed E-state index contributed by atoms with van der Waals surface area (Å²) in [7, 11) is 1.54. The Morgan fingerprint density at radius 2 is 2.26 bits per heavy atom. The minimum absolute atomic E-state index is 0.211. The van der Waals surface area contributed by atoms with E-state index in [2.05, 4.69) is 25.3 Å². The standard InChI is InChI=1S/C11H14N6O2/c1-19-11-5-9(14-6-15-11)13-3-2-8-16-7(12)4-10(18)17-8/h4-6H,2-3H2,1H3,(H,13,14,15)(H3,12,16,17,18). The number of methoxy groups -OCH3 is 1. The fourth-order valence-electron chi connectivity index (χ4n) is 1.50. The molecule has 8 nitrogen and oxygen atoms in total. The zero-order valence-electron chi connectivity index (χ0n) is 10.4. The maximum absolute atomic E-state index is 11.2. The summed E-state index contributed by atoms with van der Waals surface area (Å²) in [6.07, 6.45) is 1.92. The maximum Gasteiger partial charge on any atom is 0.252 e. The molecule has 0 atom stereocenters. The van der Waals surface area contributed by atoms with Gasteiger partial charge in [-0.05, 0) is 0 Å². The smallest absolute Gasteiger partial charge is 0.252 e. The summed E-state index contributed by atoms with van der Waals surface area (Å²) in [5.74, 6) is 1.85. The second-order valence-corrected chi connectivity index (χ2v) is 3.74. The molecule has 4 N–H and O–H groups in total. The Bertz CT molecular complexity index is 612. The normalized spacial score (nSPS) is 10.2. The van der Waals surface area contributed by atoms with Gasteiger partial charge in [0.25, 0.3) is 5.56 Å². The van der Waals surface area contributed by atoms with Gasteiger partial charge >= 0.3 is 0 Å². The average Bonchev–Trinajstić information content (AvgIpc) is 2.38. The molecule has 0 radical (unpaired) electrons. The Labute approximate surface area is 109 Å². The van der Waals surface area contributed by atoms with Crippen molar-refractivity contribution in [1.82, 2.24) is 19.9 Å². The van der Waals surface area contributed by atoms with Crippen LogP contribution in [0.25, 0.3) is 0 Å². The summed E-state index contributed by atoms with van der Waals surface area (Å²) in [6, 6.07) is 2.92. The number of H-pyrrole nitrogens is 1. The van der Waals surface area contributed by atoms with Crippen LogP contribution >= 0.6 is 0 Å². The van der Waals surface area contributed by atoms with Crippen molar-refractivity contribution in [3.63, 3.8) is 0 Å². The largest absolute Gasteiger partial charge is 0.481 e. The predicted octanol–water partition coefficient (Wildman–Crippen LogP) is -0.195. The van der Waals surface area contributed by atoms with Crippen molar-refractivity contribution in [2.24, 2.45) is 0 Å². The van der Waals surface area contributed by atoms with E-state index in [1.807, 2.05) is 0 Å². The number of rotatable bonds is 5. The summed E-state index contributed by atoms with van der Waals surface area (Å²) in [5.41, 5.74) is 5.23. The third-order valence-electron chi connectivity index (χ3n) is 2.33. The lowest BCUT2D eigenvalue weighted by Crippen LogP contribution is -2.15. The van der Waals surface area contributed by atoms with Crippen LogP contribution < -0.4 is 21.3 Å². The molecule has 19 heavy (non-hydrogen) atoms. The van der Waals surface area contributed by atoms with Gasteiger partial charge < -0.3 is 20.8 Å². The van der Waals surface area contributed by atoms with E-state index in [0.717, 1.165) is 0 Å². The Kier molecular flexibility index (Phi) is 3.91. The summed E-state index contributed by atoms with van der Waals surface area (Å²) >= 11 is 0. The van der Waals surface area contributed by atoms with E-state index in [0.29, 0.717) is 30.5 Å². The molecule has 0 saturated carbocycles. The van der Waals surface area contributed by atoms with Crippen molar-refractivity contribution in [3.8, 4) is 5.88 Å². The van der Waals surface area contributed by atoms with Crippen molar-refractivity contribution >= 4 is 11.6 Å². The van der Waals surface area contributed by atoms with Crippen LogP contribution in [0.3, 0.4) is 0 Å². The van der Waals surface area contributed by atoms with E-state index >= 15 is 0 Å². The van der Waals surface area contributed by atoms with Gasteiger partial charge in [-0.15, -0.1) is 0 Å². The molecule has 2 rings (SSSR count). The summed E-state index contributed by atoms with van der Waals surface area (Å²) in [5, 5.41) is 3.07. The molecule has 0 spiro atoms. The number of hydrogen-bond acceptors (Lipinski definition) is 7. The number of anilines is 2. The molecule has 2 aromatic rings. The SMILES string of the molecule is COc1cc(NCCc2nc(N)cc(=O)[nH]2)ncn1. The zero-order chi connectivity index (χ0) is 13.7. The van der Waals surface area contributed by atoms with Crippen molar-refractivity contribution < 1.29 is 4.74 Å². The number of aromatic nitrogens is 4. The fourth-order valence-corrected chi connectivity index (χ4v) is 1.50. The van der Waals surface area contributed by atoms with Gasteiger partial charge in [-0.1, -0.05) is 0 Å². The van der Waals surface area contributed by atoms with Gasteiger partial charge in [0.05, 0.1) is 7.11 Å². The van der Waals surface area contributed by atoms with Gasteiger partial charge in [0.2, 0.25) is 5.88 Å². The van der Waals surface area contributed by atoms with Gasteiger partial charge in [-0.25, -0.2) is 15.0 Å². The first-order chi connectivity index (χ1) is 9.17. The van der Waals surface area contributed by atoms with Crippen LogP contribution in [-0.2, 0) is 6.42 Å². The van der Waals surface area contributed by atoms with E-state index in [-0.39, 0.29) is 11.4 Å². The first-order valence-electron chi connectivity index (χ1n) is 5.63. The highest BCUT2D eigenvalue weighted by Crippen LogP contribution is 2.09. The molecule has 0 aromatic carbocycles. The molecule has 100 valence electrons. The van der Waals surface area contributed by atoms with Crippen LogP contribution in [0.1, 0.15) is 5.82 Å². The van der Waals surface area contributed by atoms with E-state index in [9.17, 15) is 4.79 Å². The molecule has 0 aliphatic carbocycles. The molecule has 0 aliphatic rings. The average molecular weight is 262 g/mol. The predicted molar refractivity (Wildman–Crippen MR) is 70.0 cm³/mol. The number of nitrogen functional groups attached to an aromatic ring is 1. The monoisotopic (exact) mass is 262 g/mol. The topological polar surface area (TPSA) is 119 Å². The first-order valence-corrected chi connectivity index (χ1v) is 5.63. The Morgan fingerprint density at radius 3 is 3.00 bits per heavy atom. The molecule has 0 fully saturated rings. The zero-order valence-corrected chi connectivity index (χ0v) is 10.4. The first kappa shape index (κ1) is 12.8. The third-order valence-corrected chi connectivity index (χ3v) is 2.33. The Balaban J connectivity index is 1.94. The molecule has 0 saturated heterocycles. The minimum Gasteiger partial charge on any atom is -0.481 e. The van der Waals surface area contributed by atoms with Crippen LogP contribution in [-0.4, -0.2) is 33.6 Å². The summed E-state index contributed by atoms with van der Waals surface area (Å²) in [4.78, 5) is 25.8. The van der Waals surface area contributed by atoms with Gasteiger partial charge in [0, 0.05) is 25.1 Å². The highest BCUT2D eigenvalue weighted by molar-refractivity contribution is 5.37. The van der Waals surface area contributed by atoms with E-state index in [1.165, 1.54) is 19.5 Å². The van der Waals surface area contributed by atoms with Crippen molar-refractivity contribution in [3.05, 3.63) is 34.6 Å². The third kappa shape index (κ3) is 3.66. The molecule has 8 heteroatoms. The van der Waals surface area contributed by atoms with Gasteiger partial charge in [0.1, 0.15) is 23.8 Å². The number of aromatic amines is 1. The lowest BCUT2D eigenvalue weighted by molar-refractivity contribution is 0.397. The number of nitrogens with one attached hydrogen (secondary N) is 2. The Morgan fingerprint density at radius 1 is 1.42 bits per heavy atom. The van der Waals surface area contributed by atoms with Crippen molar-refractivity contribution in [2.45, 2.75) is 6.42 Å². The summed E-state index contributed by atoms with van der Waals surface area (Å²) < 4.78 is 4.98. The maximum atomic E-state index is 11.2. The van der Waals surface area contributed by atoms with Crippen LogP contribution in [0.15, 0.2) is 23.3 Å². The van der Waals surface area contributed by atoms with Crippen LogP contribution in [0.5, 0.6) is 5.88 Å². The molecular weight excluding hydrogens is 248 g/mol. The van der Waals surface area contributed by atoms with Gasteiger partial charge in [-0.2, -0.15) is 0 Å². The highest BCUT2D eigenvalue weighted by Gasteiger charge is 2.01. The van der Waals surface area contributed by atoms with Gasteiger partial charge in [0.15, 0.2) is 0 Å². The number of ether oxygens (including phenoxy) is 1. The van der Waals surface area contributed by atoms with Crippen LogP contribution in [0.2, 0.25) is 0 Å². The highest BCUT2D eigenvalue weighted by atomic mass is 16.5. The van der Waals surface area contributed by atoms with Crippen LogP contribution in [0, 0.1) is 0 Å². The molecule has 2 heterocycles. The molecular formula is C11H14N6O2. The minimum atomic E-state index is -0.258. The van der Waals surface area contributed by atoms with E-state index < -0.39 is 0 Å². The molecule has 0 amide bonds. The number of hydrogen-bond donors (Lipinski definition) is 3. The van der Waals surface area contributed by atoms with E-state index in [1.54, 1.807) is 6.07 Å².